The Labute approximate surface area is 180 Å². The van der Waals surface area contributed by atoms with Crippen LogP contribution in [-0.4, -0.2) is 58.0 Å². The Kier molecular flexibility index (Phi) is 5.94. The highest BCUT2D eigenvalue weighted by atomic mass is 32.1. The number of anilines is 2. The van der Waals surface area contributed by atoms with E-state index in [1.54, 1.807) is 36.5 Å². The molecule has 0 spiro atoms. The first-order valence-electron chi connectivity index (χ1n) is 10.1. The van der Waals surface area contributed by atoms with Crippen molar-refractivity contribution in [2.75, 3.05) is 32.5 Å². The molecular formula is C22H26N6OS. The van der Waals surface area contributed by atoms with Crippen LogP contribution in [0.1, 0.15) is 29.3 Å². The Morgan fingerprint density at radius 1 is 1.17 bits per heavy atom. The van der Waals surface area contributed by atoms with E-state index < -0.39 is 0 Å². The molecule has 0 aliphatic carbocycles. The lowest BCUT2D eigenvalue weighted by Crippen LogP contribution is -2.43. The molecule has 1 aliphatic rings. The van der Waals surface area contributed by atoms with Gasteiger partial charge in [-0.1, -0.05) is 6.07 Å². The Hall–Kier alpha value is -3.00. The van der Waals surface area contributed by atoms with Crippen molar-refractivity contribution in [2.24, 2.45) is 0 Å². The van der Waals surface area contributed by atoms with E-state index in [0.717, 1.165) is 58.7 Å². The first kappa shape index (κ1) is 20.3. The fraction of sp³-hybridized carbons (Fsp3) is 0.364. The fourth-order valence-electron chi connectivity index (χ4n) is 3.57. The summed E-state index contributed by atoms with van der Waals surface area (Å²) in [7, 11) is 3.60. The van der Waals surface area contributed by atoms with E-state index in [0.29, 0.717) is 5.92 Å². The SMILES string of the molecule is Cc1ccnc(Nc2cccc(-c3cnc(C4CCN(C(=O)N(C)C)CC4)s3)n2)c1. The van der Waals surface area contributed by atoms with E-state index in [9.17, 15) is 4.79 Å². The molecule has 7 nitrogen and oxygen atoms in total. The molecule has 3 aromatic heterocycles. The van der Waals surface area contributed by atoms with Gasteiger partial charge in [-0.2, -0.15) is 0 Å². The number of carbonyl (C=O) groups excluding carboxylic acids is 1. The number of piperidine rings is 1. The third kappa shape index (κ3) is 4.59. The molecule has 4 rings (SSSR count). The van der Waals surface area contributed by atoms with Crippen molar-refractivity contribution in [3.63, 3.8) is 0 Å². The molecule has 1 saturated heterocycles. The quantitative estimate of drug-likeness (QED) is 0.669. The zero-order valence-corrected chi connectivity index (χ0v) is 18.3. The van der Waals surface area contributed by atoms with Gasteiger partial charge in [-0.15, -0.1) is 11.3 Å². The maximum Gasteiger partial charge on any atom is 0.319 e. The van der Waals surface area contributed by atoms with Gasteiger partial charge in [-0.05, 0) is 49.6 Å². The molecule has 2 amide bonds. The highest BCUT2D eigenvalue weighted by Crippen LogP contribution is 2.35. The Bertz CT molecular complexity index is 1030. The number of nitrogens with zero attached hydrogens (tertiary/aromatic N) is 5. The lowest BCUT2D eigenvalue weighted by molar-refractivity contribution is 0.156. The van der Waals surface area contributed by atoms with Crippen LogP contribution in [0.3, 0.4) is 0 Å². The van der Waals surface area contributed by atoms with Gasteiger partial charge in [0.25, 0.3) is 0 Å². The zero-order chi connectivity index (χ0) is 21.1. The molecule has 0 atom stereocenters. The minimum absolute atomic E-state index is 0.0879. The number of nitrogens with one attached hydrogen (secondary N) is 1. The van der Waals surface area contributed by atoms with Crippen LogP contribution in [0.2, 0.25) is 0 Å². The molecule has 0 aromatic carbocycles. The van der Waals surface area contributed by atoms with E-state index in [1.807, 2.05) is 48.4 Å². The topological polar surface area (TPSA) is 74.2 Å². The summed E-state index contributed by atoms with van der Waals surface area (Å²) >= 11 is 1.70. The minimum atomic E-state index is 0.0879. The molecule has 0 unspecified atom stereocenters. The molecule has 4 heterocycles. The van der Waals surface area contributed by atoms with Crippen molar-refractivity contribution in [2.45, 2.75) is 25.7 Å². The number of carbonyl (C=O) groups is 1. The highest BCUT2D eigenvalue weighted by Gasteiger charge is 2.26. The summed E-state index contributed by atoms with van der Waals surface area (Å²) in [6.45, 7) is 3.59. The number of hydrogen-bond donors (Lipinski definition) is 1. The largest absolute Gasteiger partial charge is 0.331 e. The molecule has 0 radical (unpaired) electrons. The van der Waals surface area contributed by atoms with Crippen molar-refractivity contribution in [3.8, 4) is 10.6 Å². The maximum absolute atomic E-state index is 12.1. The first-order valence-corrected chi connectivity index (χ1v) is 10.9. The zero-order valence-electron chi connectivity index (χ0n) is 17.5. The number of pyridine rings is 2. The number of aromatic nitrogens is 3. The van der Waals surface area contributed by atoms with E-state index in [-0.39, 0.29) is 6.03 Å². The molecule has 3 aromatic rings. The second-order valence-corrected chi connectivity index (χ2v) is 8.81. The van der Waals surface area contributed by atoms with E-state index in [4.69, 9.17) is 4.98 Å². The van der Waals surface area contributed by atoms with Crippen LogP contribution in [0.4, 0.5) is 16.4 Å². The molecule has 1 fully saturated rings. The van der Waals surface area contributed by atoms with Gasteiger partial charge in [-0.25, -0.2) is 19.7 Å². The molecule has 156 valence electrons. The van der Waals surface area contributed by atoms with Crippen LogP contribution >= 0.6 is 11.3 Å². The van der Waals surface area contributed by atoms with Gasteiger partial charge in [0.2, 0.25) is 0 Å². The van der Waals surface area contributed by atoms with Gasteiger partial charge in [0.1, 0.15) is 11.6 Å². The maximum atomic E-state index is 12.1. The van der Waals surface area contributed by atoms with Crippen LogP contribution in [0.5, 0.6) is 0 Å². The number of rotatable bonds is 4. The Balaban J connectivity index is 1.44. The number of hydrogen-bond acceptors (Lipinski definition) is 6. The number of urea groups is 1. The summed E-state index contributed by atoms with van der Waals surface area (Å²) in [6, 6.07) is 9.98. The second-order valence-electron chi connectivity index (χ2n) is 7.75. The van der Waals surface area contributed by atoms with E-state index >= 15 is 0 Å². The van der Waals surface area contributed by atoms with E-state index in [1.165, 1.54) is 0 Å². The van der Waals surface area contributed by atoms with Gasteiger partial charge in [0.15, 0.2) is 0 Å². The molecule has 0 saturated carbocycles. The molecule has 1 aliphatic heterocycles. The molecule has 1 N–H and O–H groups in total. The van der Waals surface area contributed by atoms with Crippen molar-refractivity contribution in [1.29, 1.82) is 0 Å². The van der Waals surface area contributed by atoms with Crippen LogP contribution in [0.25, 0.3) is 10.6 Å². The molecule has 0 bridgehead atoms. The second kappa shape index (κ2) is 8.79. The first-order chi connectivity index (χ1) is 14.5. The summed E-state index contributed by atoms with van der Waals surface area (Å²) in [4.78, 5) is 30.5. The van der Waals surface area contributed by atoms with Crippen LogP contribution in [0.15, 0.2) is 42.7 Å². The standard InChI is InChI=1S/C22H26N6OS/c1-15-7-10-23-20(13-15)26-19-6-4-5-17(25-19)18-14-24-21(30-18)16-8-11-28(12-9-16)22(29)27(2)3/h4-7,10,13-14,16H,8-9,11-12H2,1-3H3,(H,23,25,26). The Morgan fingerprint density at radius 3 is 2.70 bits per heavy atom. The highest BCUT2D eigenvalue weighted by molar-refractivity contribution is 7.15. The average Bonchev–Trinajstić information content (AvgIpc) is 3.24. The summed E-state index contributed by atoms with van der Waals surface area (Å²) in [5, 5.41) is 4.40. The van der Waals surface area contributed by atoms with Crippen molar-refractivity contribution < 1.29 is 4.79 Å². The monoisotopic (exact) mass is 422 g/mol. The lowest BCUT2D eigenvalue weighted by Gasteiger charge is -2.32. The van der Waals surface area contributed by atoms with Crippen LogP contribution in [0, 0.1) is 6.92 Å². The Morgan fingerprint density at radius 2 is 1.97 bits per heavy atom. The number of amides is 2. The van der Waals surface area contributed by atoms with Crippen molar-refractivity contribution in [3.05, 3.63) is 53.3 Å². The van der Waals surface area contributed by atoms with Gasteiger partial charge >= 0.3 is 6.03 Å². The van der Waals surface area contributed by atoms with Gasteiger partial charge in [0, 0.05) is 45.5 Å². The number of thiazole rings is 1. The number of likely N-dealkylation sites (tertiary alicyclic amines) is 1. The molecular weight excluding hydrogens is 396 g/mol. The van der Waals surface area contributed by atoms with Gasteiger partial charge in [0.05, 0.1) is 15.6 Å². The third-order valence-corrected chi connectivity index (χ3v) is 6.38. The predicted octanol–water partition coefficient (Wildman–Crippen LogP) is 4.51. The number of aryl methyl sites for hydroxylation is 1. The third-order valence-electron chi connectivity index (χ3n) is 5.19. The van der Waals surface area contributed by atoms with Crippen LogP contribution in [-0.2, 0) is 0 Å². The van der Waals surface area contributed by atoms with Gasteiger partial charge < -0.3 is 15.1 Å². The molecule has 30 heavy (non-hydrogen) atoms. The average molecular weight is 423 g/mol. The molecule has 8 heteroatoms. The van der Waals surface area contributed by atoms with Crippen molar-refractivity contribution >= 4 is 29.0 Å². The van der Waals surface area contributed by atoms with E-state index in [2.05, 4.69) is 15.3 Å². The lowest BCUT2D eigenvalue weighted by atomic mass is 9.98. The summed E-state index contributed by atoms with van der Waals surface area (Å²) in [5.41, 5.74) is 2.05. The summed E-state index contributed by atoms with van der Waals surface area (Å²) < 4.78 is 0. The normalized spacial score (nSPS) is 14.6. The summed E-state index contributed by atoms with van der Waals surface area (Å²) in [5.74, 6) is 1.94. The van der Waals surface area contributed by atoms with Gasteiger partial charge in [-0.3, -0.25) is 0 Å². The summed E-state index contributed by atoms with van der Waals surface area (Å²) in [6.07, 6.45) is 5.59. The smallest absolute Gasteiger partial charge is 0.319 e. The predicted molar refractivity (Wildman–Crippen MR) is 120 cm³/mol. The van der Waals surface area contributed by atoms with Crippen LogP contribution < -0.4 is 5.32 Å². The van der Waals surface area contributed by atoms with Crippen molar-refractivity contribution in [1.82, 2.24) is 24.8 Å². The fourth-order valence-corrected chi connectivity index (χ4v) is 4.63. The minimum Gasteiger partial charge on any atom is -0.331 e.